The van der Waals surface area contributed by atoms with Crippen LogP contribution in [-0.4, -0.2) is 31.4 Å². The Kier molecular flexibility index (Phi) is 6.42. The van der Waals surface area contributed by atoms with E-state index in [4.69, 9.17) is 4.74 Å². The minimum absolute atomic E-state index is 0.0277. The number of nitrogens with one attached hydrogen (secondary N) is 2. The lowest BCUT2D eigenvalue weighted by Gasteiger charge is -2.38. The van der Waals surface area contributed by atoms with Crippen molar-refractivity contribution in [2.75, 3.05) is 25.1 Å². The lowest BCUT2D eigenvalue weighted by Crippen LogP contribution is -2.49. The van der Waals surface area contributed by atoms with Crippen LogP contribution >= 0.6 is 15.9 Å². The van der Waals surface area contributed by atoms with Gasteiger partial charge in [-0.3, -0.25) is 14.9 Å². The lowest BCUT2D eigenvalue weighted by molar-refractivity contribution is -0.116. The number of ether oxygens (including phenoxy) is 1. The van der Waals surface area contributed by atoms with Crippen LogP contribution in [0.5, 0.6) is 0 Å². The first-order valence-corrected chi connectivity index (χ1v) is 9.77. The maximum Gasteiger partial charge on any atom is 0.238 e. The molecule has 1 heterocycles. The van der Waals surface area contributed by atoms with Crippen molar-refractivity contribution < 1.29 is 14.3 Å². The van der Waals surface area contributed by atoms with Gasteiger partial charge in [-0.25, -0.2) is 0 Å². The summed E-state index contributed by atoms with van der Waals surface area (Å²) in [5.74, 6) is -0.170. The van der Waals surface area contributed by atoms with Gasteiger partial charge in [-0.2, -0.15) is 0 Å². The zero-order valence-corrected chi connectivity index (χ0v) is 16.8. The molecule has 0 bridgehead atoms. The van der Waals surface area contributed by atoms with E-state index >= 15 is 0 Å². The Bertz CT molecular complexity index is 832. The number of hydrogen-bond donors (Lipinski definition) is 2. The highest BCUT2D eigenvalue weighted by atomic mass is 79.9. The van der Waals surface area contributed by atoms with Crippen molar-refractivity contribution in [2.45, 2.75) is 25.3 Å². The van der Waals surface area contributed by atoms with E-state index in [1.165, 1.54) is 6.92 Å². The number of halogens is 1. The van der Waals surface area contributed by atoms with Gasteiger partial charge in [0, 0.05) is 34.5 Å². The van der Waals surface area contributed by atoms with E-state index in [1.807, 2.05) is 12.1 Å². The van der Waals surface area contributed by atoms with Gasteiger partial charge in [0.15, 0.2) is 5.78 Å². The molecule has 2 aromatic carbocycles. The average molecular weight is 431 g/mol. The van der Waals surface area contributed by atoms with E-state index in [9.17, 15) is 9.59 Å². The zero-order chi connectivity index (χ0) is 19.3. The number of hydrogen-bond acceptors (Lipinski definition) is 4. The van der Waals surface area contributed by atoms with Crippen LogP contribution in [0.4, 0.5) is 5.69 Å². The van der Waals surface area contributed by atoms with E-state index in [0.717, 1.165) is 22.9 Å². The average Bonchev–Trinajstić information content (AvgIpc) is 2.67. The molecule has 27 heavy (non-hydrogen) atoms. The molecule has 0 unspecified atom stereocenters. The fourth-order valence-electron chi connectivity index (χ4n) is 3.34. The Balaban J connectivity index is 1.69. The molecule has 1 saturated heterocycles. The maximum atomic E-state index is 12.5. The molecule has 1 amide bonds. The summed E-state index contributed by atoms with van der Waals surface area (Å²) in [5, 5.41) is 6.32. The third-order valence-electron chi connectivity index (χ3n) is 4.86. The third kappa shape index (κ3) is 5.03. The summed E-state index contributed by atoms with van der Waals surface area (Å²) in [6.07, 6.45) is 1.60. The molecule has 0 spiro atoms. The number of carbonyl (C=O) groups excluding carboxylic acids is 2. The molecular formula is C21H23BrN2O3. The van der Waals surface area contributed by atoms with Crippen molar-refractivity contribution in [2.24, 2.45) is 0 Å². The predicted octanol–water partition coefficient (Wildman–Crippen LogP) is 3.89. The van der Waals surface area contributed by atoms with E-state index in [1.54, 1.807) is 24.3 Å². The molecule has 1 fully saturated rings. The summed E-state index contributed by atoms with van der Waals surface area (Å²) in [6, 6.07) is 15.1. The summed E-state index contributed by atoms with van der Waals surface area (Å²) in [5.41, 5.74) is 2.06. The first-order valence-electron chi connectivity index (χ1n) is 8.98. The first kappa shape index (κ1) is 19.7. The standard InChI is InChI=1S/C21H23BrN2O3/c1-15(25)16-4-2-7-19(12-16)24-20(26)14-23-21(8-10-27-11-9-21)17-5-3-6-18(22)13-17/h2-7,12-13,23H,8-11,14H2,1H3,(H,24,26). The Labute approximate surface area is 167 Å². The molecule has 5 nitrogen and oxygen atoms in total. The van der Waals surface area contributed by atoms with Gasteiger partial charge in [-0.15, -0.1) is 0 Å². The number of carbonyl (C=O) groups is 2. The SMILES string of the molecule is CC(=O)c1cccc(NC(=O)CNC2(c3cccc(Br)c3)CCOCC2)c1. The fraction of sp³-hybridized carbons (Fsp3) is 0.333. The van der Waals surface area contributed by atoms with E-state index in [2.05, 4.69) is 38.7 Å². The molecule has 142 valence electrons. The second-order valence-electron chi connectivity index (χ2n) is 6.74. The van der Waals surface area contributed by atoms with Crippen molar-refractivity contribution in [3.05, 3.63) is 64.1 Å². The van der Waals surface area contributed by atoms with Gasteiger partial charge in [-0.05, 0) is 49.6 Å². The lowest BCUT2D eigenvalue weighted by atomic mass is 9.82. The van der Waals surface area contributed by atoms with E-state index in [0.29, 0.717) is 24.5 Å². The molecule has 2 N–H and O–H groups in total. The minimum Gasteiger partial charge on any atom is -0.381 e. The van der Waals surface area contributed by atoms with Gasteiger partial charge in [-0.1, -0.05) is 40.2 Å². The predicted molar refractivity (Wildman–Crippen MR) is 109 cm³/mol. The van der Waals surface area contributed by atoms with Crippen molar-refractivity contribution in [1.82, 2.24) is 5.32 Å². The third-order valence-corrected chi connectivity index (χ3v) is 5.36. The van der Waals surface area contributed by atoms with Gasteiger partial charge in [0.1, 0.15) is 0 Å². The first-order chi connectivity index (χ1) is 13.0. The minimum atomic E-state index is -0.291. The highest BCUT2D eigenvalue weighted by Gasteiger charge is 2.34. The number of anilines is 1. The highest BCUT2D eigenvalue weighted by Crippen LogP contribution is 2.33. The second-order valence-corrected chi connectivity index (χ2v) is 7.66. The van der Waals surface area contributed by atoms with Crippen molar-refractivity contribution >= 4 is 33.3 Å². The van der Waals surface area contributed by atoms with Crippen molar-refractivity contribution in [3.8, 4) is 0 Å². The van der Waals surface area contributed by atoms with E-state index in [-0.39, 0.29) is 23.8 Å². The number of benzene rings is 2. The molecule has 2 aromatic rings. The molecule has 0 atom stereocenters. The van der Waals surface area contributed by atoms with Crippen LogP contribution in [0.2, 0.25) is 0 Å². The molecule has 0 aliphatic carbocycles. The topological polar surface area (TPSA) is 67.4 Å². The molecule has 3 rings (SSSR count). The molecule has 0 saturated carbocycles. The van der Waals surface area contributed by atoms with Crippen LogP contribution in [0, 0.1) is 0 Å². The van der Waals surface area contributed by atoms with Gasteiger partial charge < -0.3 is 10.1 Å². The van der Waals surface area contributed by atoms with Crippen LogP contribution in [0.25, 0.3) is 0 Å². The summed E-state index contributed by atoms with van der Waals surface area (Å²) in [4.78, 5) is 24.0. The molecule has 0 aromatic heterocycles. The molecule has 6 heteroatoms. The van der Waals surface area contributed by atoms with Crippen LogP contribution in [0.15, 0.2) is 53.0 Å². The molecule has 1 aliphatic heterocycles. The van der Waals surface area contributed by atoms with Crippen molar-refractivity contribution in [1.29, 1.82) is 0 Å². The number of Topliss-reactive ketones (excluding diaryl/α,β-unsaturated/α-hetero) is 1. The van der Waals surface area contributed by atoms with Crippen LogP contribution in [0.1, 0.15) is 35.7 Å². The quantitative estimate of drug-likeness (QED) is 0.682. The summed E-state index contributed by atoms with van der Waals surface area (Å²) < 4.78 is 6.54. The smallest absolute Gasteiger partial charge is 0.238 e. The van der Waals surface area contributed by atoms with Gasteiger partial charge in [0.05, 0.1) is 6.54 Å². The van der Waals surface area contributed by atoms with E-state index < -0.39 is 0 Å². The Hall–Kier alpha value is -2.02. The van der Waals surface area contributed by atoms with Gasteiger partial charge >= 0.3 is 0 Å². The van der Waals surface area contributed by atoms with Crippen LogP contribution < -0.4 is 10.6 Å². The second kappa shape index (κ2) is 8.78. The Morgan fingerprint density at radius 2 is 1.85 bits per heavy atom. The normalized spacial score (nSPS) is 15.9. The molecule has 1 aliphatic rings. The van der Waals surface area contributed by atoms with Crippen LogP contribution in [-0.2, 0) is 15.1 Å². The largest absolute Gasteiger partial charge is 0.381 e. The van der Waals surface area contributed by atoms with Crippen molar-refractivity contribution in [3.63, 3.8) is 0 Å². The zero-order valence-electron chi connectivity index (χ0n) is 15.3. The van der Waals surface area contributed by atoms with Gasteiger partial charge in [0.2, 0.25) is 5.91 Å². The summed E-state index contributed by atoms with van der Waals surface area (Å²) in [6.45, 7) is 3.00. The fourth-order valence-corrected chi connectivity index (χ4v) is 3.74. The Morgan fingerprint density at radius 1 is 1.11 bits per heavy atom. The number of ketones is 1. The summed E-state index contributed by atoms with van der Waals surface area (Å²) in [7, 11) is 0. The monoisotopic (exact) mass is 430 g/mol. The Morgan fingerprint density at radius 3 is 2.56 bits per heavy atom. The maximum absolute atomic E-state index is 12.5. The number of amides is 1. The molecule has 0 radical (unpaired) electrons. The summed E-state index contributed by atoms with van der Waals surface area (Å²) >= 11 is 3.53. The van der Waals surface area contributed by atoms with Gasteiger partial charge in [0.25, 0.3) is 0 Å². The van der Waals surface area contributed by atoms with Crippen LogP contribution in [0.3, 0.4) is 0 Å². The highest BCUT2D eigenvalue weighted by molar-refractivity contribution is 9.10. The molecular weight excluding hydrogens is 408 g/mol. The number of rotatable bonds is 6.